The van der Waals surface area contributed by atoms with E-state index < -0.39 is 5.97 Å². The molecular weight excluding hydrogens is 342 g/mol. The number of nitrogens with one attached hydrogen (secondary N) is 1. The van der Waals surface area contributed by atoms with Gasteiger partial charge in [0.25, 0.3) is 5.91 Å². The van der Waals surface area contributed by atoms with Gasteiger partial charge in [0.1, 0.15) is 10.1 Å². The molecule has 1 aliphatic heterocycles. The normalized spacial score (nSPS) is 15.5. The van der Waals surface area contributed by atoms with Crippen molar-refractivity contribution >= 4 is 46.3 Å². The number of amides is 1. The Bertz CT molecular complexity index is 857. The summed E-state index contributed by atoms with van der Waals surface area (Å²) in [4.78, 5) is 24.4. The predicted octanol–water partition coefficient (Wildman–Crippen LogP) is 3.70. The van der Waals surface area contributed by atoms with Crippen LogP contribution in [0.15, 0.2) is 53.4 Å². The van der Waals surface area contributed by atoms with Gasteiger partial charge in [0.15, 0.2) is 0 Å². The van der Waals surface area contributed by atoms with Crippen LogP contribution in [-0.4, -0.2) is 16.2 Å². The van der Waals surface area contributed by atoms with Crippen LogP contribution in [0.5, 0.6) is 5.75 Å². The molecule has 4 nitrogen and oxygen atoms in total. The Morgan fingerprint density at radius 3 is 2.62 bits per heavy atom. The molecule has 1 fully saturated rings. The van der Waals surface area contributed by atoms with Gasteiger partial charge in [-0.2, -0.15) is 0 Å². The number of thioether (sulfide) groups is 1. The summed E-state index contributed by atoms with van der Waals surface area (Å²) in [6, 6.07) is 14.2. The average molecular weight is 355 g/mol. The van der Waals surface area contributed by atoms with Crippen molar-refractivity contribution in [1.29, 1.82) is 0 Å². The summed E-state index contributed by atoms with van der Waals surface area (Å²) in [6.45, 7) is 1.95. The summed E-state index contributed by atoms with van der Waals surface area (Å²) in [5, 5.41) is 2.56. The van der Waals surface area contributed by atoms with Crippen molar-refractivity contribution < 1.29 is 14.3 Å². The molecule has 2 aromatic rings. The first kappa shape index (κ1) is 16.4. The van der Waals surface area contributed by atoms with Crippen molar-refractivity contribution in [3.63, 3.8) is 0 Å². The fourth-order valence-electron chi connectivity index (χ4n) is 2.10. The molecule has 0 spiro atoms. The Morgan fingerprint density at radius 1 is 1.21 bits per heavy atom. The second-order valence-electron chi connectivity index (χ2n) is 5.18. The SMILES string of the molecule is Cc1ccc(C(=O)Oc2cccc(/C=C3\SC(=S)NC3=O)c2)cc1. The third-order valence-electron chi connectivity index (χ3n) is 3.30. The van der Waals surface area contributed by atoms with Crippen molar-refractivity contribution in [3.05, 3.63) is 70.1 Å². The van der Waals surface area contributed by atoms with E-state index in [2.05, 4.69) is 5.32 Å². The van der Waals surface area contributed by atoms with E-state index in [1.54, 1.807) is 36.4 Å². The molecule has 1 heterocycles. The molecule has 3 rings (SSSR count). The van der Waals surface area contributed by atoms with Gasteiger partial charge in [-0.05, 0) is 42.8 Å². The van der Waals surface area contributed by atoms with E-state index in [0.29, 0.717) is 20.5 Å². The molecule has 0 radical (unpaired) electrons. The molecule has 0 unspecified atom stereocenters. The van der Waals surface area contributed by atoms with Crippen LogP contribution in [0.25, 0.3) is 6.08 Å². The second-order valence-corrected chi connectivity index (χ2v) is 6.90. The largest absolute Gasteiger partial charge is 0.423 e. The number of carbonyl (C=O) groups is 2. The first-order valence-electron chi connectivity index (χ1n) is 7.15. The molecule has 24 heavy (non-hydrogen) atoms. The third kappa shape index (κ3) is 3.90. The minimum atomic E-state index is -0.422. The standard InChI is InChI=1S/C18H13NO3S2/c1-11-5-7-13(8-6-11)17(21)22-14-4-2-3-12(9-14)10-15-16(20)19-18(23)24-15/h2-10H,1H3,(H,19,20,23)/b15-10-. The molecule has 1 amide bonds. The minimum Gasteiger partial charge on any atom is -0.423 e. The summed E-state index contributed by atoms with van der Waals surface area (Å²) in [6.07, 6.45) is 1.71. The van der Waals surface area contributed by atoms with Gasteiger partial charge < -0.3 is 10.1 Å². The lowest BCUT2D eigenvalue weighted by Gasteiger charge is -2.05. The lowest BCUT2D eigenvalue weighted by Crippen LogP contribution is -2.17. The Kier molecular flexibility index (Phi) is 4.78. The van der Waals surface area contributed by atoms with E-state index in [1.165, 1.54) is 11.8 Å². The number of hydrogen-bond donors (Lipinski definition) is 1. The van der Waals surface area contributed by atoms with Gasteiger partial charge in [-0.1, -0.05) is 53.8 Å². The number of thiocarbonyl (C=S) groups is 1. The van der Waals surface area contributed by atoms with Crippen LogP contribution in [0.3, 0.4) is 0 Å². The van der Waals surface area contributed by atoms with E-state index >= 15 is 0 Å². The minimum absolute atomic E-state index is 0.216. The van der Waals surface area contributed by atoms with Crippen LogP contribution in [0.2, 0.25) is 0 Å². The molecule has 0 aliphatic carbocycles. The molecular formula is C18H13NO3S2. The lowest BCUT2D eigenvalue weighted by atomic mass is 10.1. The molecule has 0 saturated carbocycles. The smallest absolute Gasteiger partial charge is 0.343 e. The summed E-state index contributed by atoms with van der Waals surface area (Å²) in [7, 11) is 0. The maximum absolute atomic E-state index is 12.2. The fourth-order valence-corrected chi connectivity index (χ4v) is 3.14. The van der Waals surface area contributed by atoms with Crippen molar-refractivity contribution in [2.75, 3.05) is 0 Å². The zero-order valence-corrected chi connectivity index (χ0v) is 14.4. The van der Waals surface area contributed by atoms with Gasteiger partial charge >= 0.3 is 5.97 Å². The zero-order chi connectivity index (χ0) is 17.1. The topological polar surface area (TPSA) is 55.4 Å². The van der Waals surface area contributed by atoms with Gasteiger partial charge in [-0.3, -0.25) is 4.79 Å². The van der Waals surface area contributed by atoms with E-state index in [9.17, 15) is 9.59 Å². The van der Waals surface area contributed by atoms with E-state index in [-0.39, 0.29) is 5.91 Å². The number of hydrogen-bond acceptors (Lipinski definition) is 5. The molecule has 0 aromatic heterocycles. The van der Waals surface area contributed by atoms with Crippen LogP contribution >= 0.6 is 24.0 Å². The van der Waals surface area contributed by atoms with Gasteiger partial charge in [0.2, 0.25) is 0 Å². The molecule has 120 valence electrons. The van der Waals surface area contributed by atoms with E-state index in [1.807, 2.05) is 25.1 Å². The third-order valence-corrected chi connectivity index (χ3v) is 4.46. The van der Waals surface area contributed by atoms with Crippen LogP contribution in [0.4, 0.5) is 0 Å². The summed E-state index contributed by atoms with van der Waals surface area (Å²) in [5.74, 6) is -0.220. The van der Waals surface area contributed by atoms with Crippen LogP contribution < -0.4 is 10.1 Å². The molecule has 6 heteroatoms. The second kappa shape index (κ2) is 6.98. The first-order chi connectivity index (χ1) is 11.5. The quantitative estimate of drug-likeness (QED) is 0.394. The monoisotopic (exact) mass is 355 g/mol. The summed E-state index contributed by atoms with van der Waals surface area (Å²) >= 11 is 6.17. The molecule has 1 N–H and O–H groups in total. The highest BCUT2D eigenvalue weighted by molar-refractivity contribution is 8.26. The van der Waals surface area contributed by atoms with Gasteiger partial charge in [-0.15, -0.1) is 0 Å². The van der Waals surface area contributed by atoms with Crippen LogP contribution in [0, 0.1) is 6.92 Å². The van der Waals surface area contributed by atoms with Crippen LogP contribution in [0.1, 0.15) is 21.5 Å². The number of ether oxygens (including phenoxy) is 1. The maximum Gasteiger partial charge on any atom is 0.343 e. The molecule has 1 saturated heterocycles. The lowest BCUT2D eigenvalue weighted by molar-refractivity contribution is -0.115. The molecule has 0 bridgehead atoms. The highest BCUT2D eigenvalue weighted by atomic mass is 32.2. The van der Waals surface area contributed by atoms with Crippen molar-refractivity contribution in [2.45, 2.75) is 6.92 Å². The Balaban J connectivity index is 1.77. The summed E-state index contributed by atoms with van der Waals surface area (Å²) in [5.41, 5.74) is 2.32. The van der Waals surface area contributed by atoms with Gasteiger partial charge in [0.05, 0.1) is 10.5 Å². The highest BCUT2D eigenvalue weighted by Gasteiger charge is 2.21. The van der Waals surface area contributed by atoms with Gasteiger partial charge in [-0.25, -0.2) is 4.79 Å². The number of esters is 1. The van der Waals surface area contributed by atoms with E-state index in [4.69, 9.17) is 17.0 Å². The molecule has 0 atom stereocenters. The highest BCUT2D eigenvalue weighted by Crippen LogP contribution is 2.27. The van der Waals surface area contributed by atoms with Crippen molar-refractivity contribution in [3.8, 4) is 5.75 Å². The maximum atomic E-state index is 12.2. The Labute approximate surface area is 148 Å². The Morgan fingerprint density at radius 2 is 1.96 bits per heavy atom. The number of aryl methyl sites for hydroxylation is 1. The predicted molar refractivity (Wildman–Crippen MR) is 98.9 cm³/mol. The number of rotatable bonds is 3. The number of carbonyl (C=O) groups excluding carboxylic acids is 2. The molecule has 2 aromatic carbocycles. The van der Waals surface area contributed by atoms with Crippen molar-refractivity contribution in [2.24, 2.45) is 0 Å². The number of benzene rings is 2. The summed E-state index contributed by atoms with van der Waals surface area (Å²) < 4.78 is 5.83. The first-order valence-corrected chi connectivity index (χ1v) is 8.37. The Hall–Kier alpha value is -2.44. The van der Waals surface area contributed by atoms with Crippen molar-refractivity contribution in [1.82, 2.24) is 5.32 Å². The van der Waals surface area contributed by atoms with E-state index in [0.717, 1.165) is 11.1 Å². The fraction of sp³-hybridized carbons (Fsp3) is 0.0556. The van der Waals surface area contributed by atoms with Gasteiger partial charge in [0, 0.05) is 0 Å². The average Bonchev–Trinajstić information content (AvgIpc) is 2.86. The molecule has 1 aliphatic rings. The zero-order valence-electron chi connectivity index (χ0n) is 12.7. The van der Waals surface area contributed by atoms with Crippen LogP contribution in [-0.2, 0) is 4.79 Å².